The molecule has 0 saturated carbocycles. The van der Waals surface area contributed by atoms with Gasteiger partial charge in [0.25, 0.3) is 0 Å². The molecule has 0 spiro atoms. The van der Waals surface area contributed by atoms with Gasteiger partial charge >= 0.3 is 0 Å². The predicted octanol–water partition coefficient (Wildman–Crippen LogP) is 2.45. The lowest BCUT2D eigenvalue weighted by atomic mass is 10.2. The molecule has 8 nitrogen and oxygen atoms in total. The lowest BCUT2D eigenvalue weighted by molar-refractivity contribution is -0.133. The number of carbonyl (C=O) groups is 2. The zero-order valence-corrected chi connectivity index (χ0v) is 16.0. The first-order valence-electron chi connectivity index (χ1n) is 9.01. The Kier molecular flexibility index (Phi) is 7.79. The van der Waals surface area contributed by atoms with Gasteiger partial charge in [0.1, 0.15) is 5.75 Å². The van der Waals surface area contributed by atoms with E-state index in [2.05, 4.69) is 22.4 Å². The summed E-state index contributed by atoms with van der Waals surface area (Å²) in [6, 6.07) is 7.06. The van der Waals surface area contributed by atoms with Gasteiger partial charge in [-0.2, -0.15) is 4.98 Å². The molecule has 0 fully saturated rings. The van der Waals surface area contributed by atoms with Gasteiger partial charge in [-0.3, -0.25) is 9.59 Å². The maximum absolute atomic E-state index is 12.2. The van der Waals surface area contributed by atoms with Gasteiger partial charge < -0.3 is 19.5 Å². The van der Waals surface area contributed by atoms with Crippen molar-refractivity contribution < 1.29 is 18.8 Å². The average molecular weight is 374 g/mol. The van der Waals surface area contributed by atoms with E-state index in [1.807, 2.05) is 0 Å². The largest absolute Gasteiger partial charge is 0.497 e. The van der Waals surface area contributed by atoms with E-state index >= 15 is 0 Å². The fraction of sp³-hybridized carbons (Fsp3) is 0.474. The summed E-state index contributed by atoms with van der Waals surface area (Å²) in [7, 11) is 3.17. The summed E-state index contributed by atoms with van der Waals surface area (Å²) in [5, 5.41) is 6.64. The number of carbonyl (C=O) groups excluding carboxylic acids is 2. The predicted molar refractivity (Wildman–Crippen MR) is 100 cm³/mol. The van der Waals surface area contributed by atoms with Crippen LogP contribution in [0.25, 0.3) is 0 Å². The van der Waals surface area contributed by atoms with Crippen LogP contribution in [0.4, 0.5) is 5.69 Å². The van der Waals surface area contributed by atoms with Crippen LogP contribution < -0.4 is 10.1 Å². The van der Waals surface area contributed by atoms with Crippen molar-refractivity contribution in [3.8, 4) is 5.75 Å². The molecule has 27 heavy (non-hydrogen) atoms. The van der Waals surface area contributed by atoms with Crippen LogP contribution in [0.15, 0.2) is 28.8 Å². The summed E-state index contributed by atoms with van der Waals surface area (Å²) in [6.07, 6.45) is 3.20. The Morgan fingerprint density at radius 3 is 2.85 bits per heavy atom. The molecule has 146 valence electrons. The van der Waals surface area contributed by atoms with E-state index in [1.165, 1.54) is 4.90 Å². The summed E-state index contributed by atoms with van der Waals surface area (Å²) in [5.41, 5.74) is 0.625. The van der Waals surface area contributed by atoms with E-state index in [1.54, 1.807) is 38.4 Å². The SMILES string of the molecule is CCCc1noc(CCCC(=O)N(C)CC(=O)Nc2cccc(OC)c2)n1. The highest BCUT2D eigenvalue weighted by Gasteiger charge is 2.14. The number of ether oxygens (including phenoxy) is 1. The van der Waals surface area contributed by atoms with Crippen LogP contribution in [0.1, 0.15) is 37.9 Å². The first-order chi connectivity index (χ1) is 13.0. The van der Waals surface area contributed by atoms with E-state index < -0.39 is 0 Å². The Hall–Kier alpha value is -2.90. The molecule has 0 saturated heterocycles. The average Bonchev–Trinajstić information content (AvgIpc) is 3.09. The molecular weight excluding hydrogens is 348 g/mol. The van der Waals surface area contributed by atoms with Gasteiger partial charge in [-0.25, -0.2) is 0 Å². The molecule has 0 aliphatic rings. The van der Waals surface area contributed by atoms with Crippen LogP contribution in [0, 0.1) is 0 Å². The van der Waals surface area contributed by atoms with Crippen molar-refractivity contribution in [3.63, 3.8) is 0 Å². The van der Waals surface area contributed by atoms with Gasteiger partial charge in [-0.05, 0) is 25.0 Å². The van der Waals surface area contributed by atoms with Crippen molar-refractivity contribution in [3.05, 3.63) is 36.0 Å². The van der Waals surface area contributed by atoms with Crippen molar-refractivity contribution in [1.82, 2.24) is 15.0 Å². The van der Waals surface area contributed by atoms with E-state index in [0.29, 0.717) is 42.4 Å². The Labute approximate surface area is 158 Å². The number of aryl methyl sites for hydroxylation is 2. The zero-order chi connectivity index (χ0) is 19.6. The normalized spacial score (nSPS) is 10.5. The molecule has 0 atom stereocenters. The molecule has 1 heterocycles. The molecule has 2 rings (SSSR count). The number of anilines is 1. The Bertz CT molecular complexity index is 760. The summed E-state index contributed by atoms with van der Waals surface area (Å²) in [6.45, 7) is 2.03. The maximum atomic E-state index is 12.2. The fourth-order valence-corrected chi connectivity index (χ4v) is 2.50. The highest BCUT2D eigenvalue weighted by molar-refractivity contribution is 5.94. The van der Waals surface area contributed by atoms with E-state index in [4.69, 9.17) is 9.26 Å². The van der Waals surface area contributed by atoms with Gasteiger partial charge in [0.15, 0.2) is 5.82 Å². The van der Waals surface area contributed by atoms with E-state index in [9.17, 15) is 9.59 Å². The second kappa shape index (κ2) is 10.3. The number of amides is 2. The molecule has 2 aromatic rings. The minimum atomic E-state index is -0.264. The Morgan fingerprint density at radius 2 is 2.11 bits per heavy atom. The van der Waals surface area contributed by atoms with Crippen molar-refractivity contribution in [2.75, 3.05) is 26.0 Å². The molecule has 8 heteroatoms. The van der Waals surface area contributed by atoms with Crippen molar-refractivity contribution in [2.45, 2.75) is 39.0 Å². The molecule has 1 aromatic carbocycles. The first kappa shape index (κ1) is 20.4. The Morgan fingerprint density at radius 1 is 1.30 bits per heavy atom. The number of methoxy groups -OCH3 is 1. The van der Waals surface area contributed by atoms with Crippen LogP contribution in [-0.4, -0.2) is 47.6 Å². The van der Waals surface area contributed by atoms with Crippen LogP contribution >= 0.6 is 0 Å². The minimum absolute atomic E-state index is 0.0166. The number of nitrogens with one attached hydrogen (secondary N) is 1. The van der Waals surface area contributed by atoms with Gasteiger partial charge in [0.2, 0.25) is 17.7 Å². The monoisotopic (exact) mass is 374 g/mol. The van der Waals surface area contributed by atoms with Gasteiger partial charge in [-0.15, -0.1) is 0 Å². The summed E-state index contributed by atoms with van der Waals surface area (Å²) < 4.78 is 10.3. The van der Waals surface area contributed by atoms with E-state index in [0.717, 1.165) is 12.8 Å². The summed E-state index contributed by atoms with van der Waals surface area (Å²) in [4.78, 5) is 30.0. The number of aromatic nitrogens is 2. The van der Waals surface area contributed by atoms with Crippen LogP contribution in [0.3, 0.4) is 0 Å². The van der Waals surface area contributed by atoms with Crippen molar-refractivity contribution in [2.24, 2.45) is 0 Å². The second-order valence-corrected chi connectivity index (χ2v) is 6.24. The van der Waals surface area contributed by atoms with Gasteiger partial charge in [0.05, 0.1) is 13.7 Å². The number of hydrogen-bond donors (Lipinski definition) is 1. The number of benzene rings is 1. The molecule has 0 bridgehead atoms. The van der Waals surface area contributed by atoms with Crippen molar-refractivity contribution >= 4 is 17.5 Å². The molecule has 0 unspecified atom stereocenters. The second-order valence-electron chi connectivity index (χ2n) is 6.24. The highest BCUT2D eigenvalue weighted by Crippen LogP contribution is 2.16. The van der Waals surface area contributed by atoms with Gasteiger partial charge in [-0.1, -0.05) is 18.1 Å². The third kappa shape index (κ3) is 6.73. The molecule has 2 amide bonds. The highest BCUT2D eigenvalue weighted by atomic mass is 16.5. The lowest BCUT2D eigenvalue weighted by Gasteiger charge is -2.16. The minimum Gasteiger partial charge on any atom is -0.497 e. The number of nitrogens with zero attached hydrogens (tertiary/aromatic N) is 3. The quantitative estimate of drug-likeness (QED) is 0.686. The maximum Gasteiger partial charge on any atom is 0.243 e. The van der Waals surface area contributed by atoms with Crippen LogP contribution in [-0.2, 0) is 22.4 Å². The number of likely N-dealkylation sites (N-methyl/N-ethyl adjacent to an activating group) is 1. The van der Waals surface area contributed by atoms with Crippen LogP contribution in [0.5, 0.6) is 5.75 Å². The van der Waals surface area contributed by atoms with Gasteiger partial charge in [0, 0.05) is 38.1 Å². The molecule has 1 aromatic heterocycles. The Balaban J connectivity index is 1.72. The van der Waals surface area contributed by atoms with Crippen LogP contribution in [0.2, 0.25) is 0 Å². The molecule has 0 aliphatic heterocycles. The standard InChI is InChI=1S/C19H26N4O4/c1-4-7-16-21-18(27-22-16)10-6-11-19(25)23(2)13-17(24)20-14-8-5-9-15(12-14)26-3/h5,8-9,12H,4,6-7,10-11,13H2,1-3H3,(H,20,24). The molecule has 0 radical (unpaired) electrons. The molecule has 1 N–H and O–H groups in total. The topological polar surface area (TPSA) is 97.6 Å². The molecule has 0 aliphatic carbocycles. The zero-order valence-electron chi connectivity index (χ0n) is 16.0. The smallest absolute Gasteiger partial charge is 0.243 e. The van der Waals surface area contributed by atoms with E-state index in [-0.39, 0.29) is 18.4 Å². The third-order valence-corrected chi connectivity index (χ3v) is 3.93. The number of hydrogen-bond acceptors (Lipinski definition) is 6. The number of rotatable bonds is 10. The lowest BCUT2D eigenvalue weighted by Crippen LogP contribution is -2.34. The third-order valence-electron chi connectivity index (χ3n) is 3.93. The first-order valence-corrected chi connectivity index (χ1v) is 9.01. The summed E-state index contributed by atoms with van der Waals surface area (Å²) >= 11 is 0. The fourth-order valence-electron chi connectivity index (χ4n) is 2.50. The molecular formula is C19H26N4O4. The van der Waals surface area contributed by atoms with Crippen molar-refractivity contribution in [1.29, 1.82) is 0 Å². The summed E-state index contributed by atoms with van der Waals surface area (Å²) in [5.74, 6) is 1.53.